The fourth-order valence-electron chi connectivity index (χ4n) is 1.93. The third-order valence-electron chi connectivity index (χ3n) is 3.17. The van der Waals surface area contributed by atoms with E-state index < -0.39 is 6.10 Å². The molecule has 0 saturated carbocycles. The smallest absolute Gasteiger partial charge is 0.0897 e. The second-order valence-electron chi connectivity index (χ2n) is 5.41. The van der Waals surface area contributed by atoms with Gasteiger partial charge in [-0.1, -0.05) is 32.6 Å². The Hall–Kier alpha value is -0.160. The van der Waals surface area contributed by atoms with E-state index >= 15 is 0 Å². The van der Waals surface area contributed by atoms with Gasteiger partial charge in [0.15, 0.2) is 0 Å². The average Bonchev–Trinajstić information content (AvgIpc) is 2.39. The fourth-order valence-corrected chi connectivity index (χ4v) is 1.93. The molecule has 4 heteroatoms. The molecule has 0 aromatic heterocycles. The van der Waals surface area contributed by atoms with Crippen LogP contribution in [0.3, 0.4) is 0 Å². The maximum absolute atomic E-state index is 9.80. The molecule has 3 unspecified atom stereocenters. The summed E-state index contributed by atoms with van der Waals surface area (Å²) in [6, 6.07) is 0.461. The molecule has 0 aromatic carbocycles. The molecule has 0 aliphatic heterocycles. The minimum Gasteiger partial charge on any atom is -0.389 e. The zero-order valence-corrected chi connectivity index (χ0v) is 13.2. The van der Waals surface area contributed by atoms with Crippen LogP contribution in [0, 0.1) is 0 Å². The van der Waals surface area contributed by atoms with E-state index in [0.29, 0.717) is 25.8 Å². The quantitative estimate of drug-likeness (QED) is 0.507. The van der Waals surface area contributed by atoms with Crippen LogP contribution in [-0.2, 0) is 9.47 Å². The Morgan fingerprint density at radius 2 is 1.84 bits per heavy atom. The molecular weight excluding hydrogens is 242 g/mol. The number of nitrogens with one attached hydrogen (secondary N) is 1. The van der Waals surface area contributed by atoms with Crippen molar-refractivity contribution in [3.05, 3.63) is 0 Å². The highest BCUT2D eigenvalue weighted by Gasteiger charge is 2.09. The fraction of sp³-hybridized carbons (Fsp3) is 1.00. The minimum atomic E-state index is -0.447. The maximum atomic E-state index is 9.80. The van der Waals surface area contributed by atoms with Crippen molar-refractivity contribution in [1.82, 2.24) is 5.32 Å². The van der Waals surface area contributed by atoms with Crippen LogP contribution in [0.25, 0.3) is 0 Å². The molecule has 2 N–H and O–H groups in total. The molecule has 0 saturated heterocycles. The molecule has 19 heavy (non-hydrogen) atoms. The topological polar surface area (TPSA) is 50.7 Å². The van der Waals surface area contributed by atoms with Crippen molar-refractivity contribution < 1.29 is 14.6 Å². The molecule has 3 atom stereocenters. The number of ether oxygens (including phenoxy) is 2. The summed E-state index contributed by atoms with van der Waals surface area (Å²) in [6.07, 6.45) is 5.93. The first-order valence-corrected chi connectivity index (χ1v) is 7.62. The molecule has 0 rings (SSSR count). The summed E-state index contributed by atoms with van der Waals surface area (Å²) in [6.45, 7) is 7.86. The Bertz CT molecular complexity index is 190. The van der Waals surface area contributed by atoms with Gasteiger partial charge in [0.05, 0.1) is 25.4 Å². The molecule has 0 heterocycles. The molecule has 0 spiro atoms. The van der Waals surface area contributed by atoms with Gasteiger partial charge in [0.1, 0.15) is 0 Å². The molecular formula is C15H33NO3. The first-order chi connectivity index (χ1) is 9.10. The summed E-state index contributed by atoms with van der Waals surface area (Å²) in [5.41, 5.74) is 0. The van der Waals surface area contributed by atoms with E-state index in [4.69, 9.17) is 9.47 Å². The van der Waals surface area contributed by atoms with Gasteiger partial charge in [-0.2, -0.15) is 0 Å². The summed E-state index contributed by atoms with van der Waals surface area (Å²) in [5, 5.41) is 13.2. The molecule has 0 aliphatic rings. The predicted molar refractivity (Wildman–Crippen MR) is 79.5 cm³/mol. The summed E-state index contributed by atoms with van der Waals surface area (Å²) >= 11 is 0. The van der Waals surface area contributed by atoms with Gasteiger partial charge in [0.2, 0.25) is 0 Å². The van der Waals surface area contributed by atoms with Gasteiger partial charge in [0.25, 0.3) is 0 Å². The highest BCUT2D eigenvalue weighted by molar-refractivity contribution is 4.65. The van der Waals surface area contributed by atoms with Crippen molar-refractivity contribution in [2.45, 2.75) is 71.1 Å². The molecule has 4 nitrogen and oxygen atoms in total. The lowest BCUT2D eigenvalue weighted by Crippen LogP contribution is -2.36. The lowest BCUT2D eigenvalue weighted by molar-refractivity contribution is -0.0315. The van der Waals surface area contributed by atoms with Crippen molar-refractivity contribution in [1.29, 1.82) is 0 Å². The van der Waals surface area contributed by atoms with E-state index in [2.05, 4.69) is 19.2 Å². The Morgan fingerprint density at radius 3 is 2.47 bits per heavy atom. The number of unbranched alkanes of at least 4 members (excludes halogenated alkanes) is 3. The summed E-state index contributed by atoms with van der Waals surface area (Å²) in [5.74, 6) is 0. The first kappa shape index (κ1) is 18.8. The van der Waals surface area contributed by atoms with Crippen LogP contribution in [0.2, 0.25) is 0 Å². The van der Waals surface area contributed by atoms with Gasteiger partial charge in [0, 0.05) is 19.7 Å². The minimum absolute atomic E-state index is 0.0334. The van der Waals surface area contributed by atoms with Crippen molar-refractivity contribution in [3.8, 4) is 0 Å². The van der Waals surface area contributed by atoms with Gasteiger partial charge in [-0.25, -0.2) is 0 Å². The highest BCUT2D eigenvalue weighted by Crippen LogP contribution is 2.05. The molecule has 0 bridgehead atoms. The number of hydrogen-bond donors (Lipinski definition) is 2. The standard InChI is InChI=1S/C15H33NO3/c1-5-6-7-8-9-13(2)16-10-15(17)12-19-14(3)11-18-4/h13-17H,5-12H2,1-4H3. The van der Waals surface area contributed by atoms with E-state index in [1.54, 1.807) is 7.11 Å². The predicted octanol–water partition coefficient (Wildman–Crippen LogP) is 2.35. The molecule has 0 amide bonds. The van der Waals surface area contributed by atoms with Crippen LogP contribution in [0.4, 0.5) is 0 Å². The Balaban J connectivity index is 3.47. The number of methoxy groups -OCH3 is 1. The lowest BCUT2D eigenvalue weighted by Gasteiger charge is -2.19. The summed E-state index contributed by atoms with van der Waals surface area (Å²) in [4.78, 5) is 0. The zero-order valence-electron chi connectivity index (χ0n) is 13.2. The normalized spacial score (nSPS) is 16.3. The van der Waals surface area contributed by atoms with Crippen molar-refractivity contribution in [3.63, 3.8) is 0 Å². The molecule has 116 valence electrons. The van der Waals surface area contributed by atoms with E-state index in [9.17, 15) is 5.11 Å². The van der Waals surface area contributed by atoms with E-state index in [1.165, 1.54) is 32.1 Å². The van der Waals surface area contributed by atoms with Gasteiger partial charge in [-0.3, -0.25) is 0 Å². The molecule has 0 radical (unpaired) electrons. The van der Waals surface area contributed by atoms with E-state index in [-0.39, 0.29) is 6.10 Å². The summed E-state index contributed by atoms with van der Waals surface area (Å²) < 4.78 is 10.5. The van der Waals surface area contributed by atoms with Crippen LogP contribution in [-0.4, -0.2) is 50.2 Å². The van der Waals surface area contributed by atoms with Gasteiger partial charge < -0.3 is 19.9 Å². The zero-order chi connectivity index (χ0) is 14.5. The van der Waals surface area contributed by atoms with Crippen LogP contribution < -0.4 is 5.32 Å². The van der Waals surface area contributed by atoms with Crippen LogP contribution in [0.5, 0.6) is 0 Å². The Kier molecular flexibility index (Phi) is 12.7. The van der Waals surface area contributed by atoms with E-state index in [0.717, 1.165) is 0 Å². The number of hydrogen-bond acceptors (Lipinski definition) is 4. The monoisotopic (exact) mass is 275 g/mol. The third kappa shape index (κ3) is 12.6. The van der Waals surface area contributed by atoms with Gasteiger partial charge >= 0.3 is 0 Å². The molecule has 0 aliphatic carbocycles. The van der Waals surface area contributed by atoms with Crippen LogP contribution >= 0.6 is 0 Å². The molecule has 0 fully saturated rings. The largest absolute Gasteiger partial charge is 0.389 e. The van der Waals surface area contributed by atoms with Crippen LogP contribution in [0.1, 0.15) is 52.9 Å². The first-order valence-electron chi connectivity index (χ1n) is 7.62. The van der Waals surface area contributed by atoms with Gasteiger partial charge in [-0.15, -0.1) is 0 Å². The maximum Gasteiger partial charge on any atom is 0.0897 e. The van der Waals surface area contributed by atoms with E-state index in [1.807, 2.05) is 6.92 Å². The lowest BCUT2D eigenvalue weighted by atomic mass is 10.1. The van der Waals surface area contributed by atoms with Gasteiger partial charge in [-0.05, 0) is 20.3 Å². The van der Waals surface area contributed by atoms with Crippen molar-refractivity contribution in [2.75, 3.05) is 26.9 Å². The second kappa shape index (κ2) is 12.9. The highest BCUT2D eigenvalue weighted by atomic mass is 16.5. The second-order valence-corrected chi connectivity index (χ2v) is 5.41. The number of aliphatic hydroxyl groups is 1. The number of aliphatic hydroxyl groups excluding tert-OH is 1. The third-order valence-corrected chi connectivity index (χ3v) is 3.17. The summed E-state index contributed by atoms with van der Waals surface area (Å²) in [7, 11) is 1.65. The van der Waals surface area contributed by atoms with Crippen LogP contribution in [0.15, 0.2) is 0 Å². The average molecular weight is 275 g/mol. The van der Waals surface area contributed by atoms with Crippen molar-refractivity contribution in [2.24, 2.45) is 0 Å². The Labute approximate surface area is 118 Å². The number of rotatable bonds is 13. The Morgan fingerprint density at radius 1 is 1.11 bits per heavy atom. The SMILES string of the molecule is CCCCCCC(C)NCC(O)COC(C)COC. The molecule has 0 aromatic rings. The van der Waals surface area contributed by atoms with Crippen molar-refractivity contribution >= 4 is 0 Å².